The first kappa shape index (κ1) is 24.6. The number of thiophene rings is 1. The first-order valence-electron chi connectivity index (χ1n) is 10.1. The van der Waals surface area contributed by atoms with E-state index >= 15 is 0 Å². The molecule has 0 aliphatic heterocycles. The third kappa shape index (κ3) is 5.30. The number of methoxy groups -OCH3 is 3. The molecular formula is C24H25ClN2O5S. The number of aryl methyl sites for hydroxylation is 2. The van der Waals surface area contributed by atoms with Gasteiger partial charge in [0.05, 0.1) is 31.9 Å². The zero-order valence-electron chi connectivity index (χ0n) is 18.8. The van der Waals surface area contributed by atoms with Crippen molar-refractivity contribution >= 4 is 39.6 Å². The number of nitrogens with zero attached hydrogens (tertiary/aromatic N) is 1. The fourth-order valence-electron chi connectivity index (χ4n) is 3.42. The van der Waals surface area contributed by atoms with Crippen LogP contribution in [0.3, 0.4) is 0 Å². The molecule has 0 fully saturated rings. The highest BCUT2D eigenvalue weighted by Gasteiger charge is 2.22. The first-order chi connectivity index (χ1) is 15.8. The molecule has 0 unspecified atom stereocenters. The van der Waals surface area contributed by atoms with Gasteiger partial charge >= 0.3 is 0 Å². The molecule has 9 heteroatoms. The average molecular weight is 489 g/mol. The van der Waals surface area contributed by atoms with Crippen molar-refractivity contribution < 1.29 is 23.8 Å². The minimum Gasteiger partial charge on any atom is -0.493 e. The van der Waals surface area contributed by atoms with Crippen LogP contribution in [0.25, 0.3) is 0 Å². The lowest BCUT2D eigenvalue weighted by Crippen LogP contribution is -2.35. The van der Waals surface area contributed by atoms with E-state index < -0.39 is 0 Å². The van der Waals surface area contributed by atoms with Crippen LogP contribution in [0.1, 0.15) is 34.0 Å². The lowest BCUT2D eigenvalue weighted by atomic mass is 9.99. The van der Waals surface area contributed by atoms with E-state index in [9.17, 15) is 9.59 Å². The van der Waals surface area contributed by atoms with Crippen LogP contribution in [0.4, 0.5) is 5.00 Å². The summed E-state index contributed by atoms with van der Waals surface area (Å²) in [6.07, 6.45) is 1.40. The van der Waals surface area contributed by atoms with Crippen molar-refractivity contribution in [1.82, 2.24) is 0 Å². The number of hydrazine groups is 1. The van der Waals surface area contributed by atoms with E-state index in [0.717, 1.165) is 16.1 Å². The van der Waals surface area contributed by atoms with Gasteiger partial charge in [-0.3, -0.25) is 9.59 Å². The van der Waals surface area contributed by atoms with Gasteiger partial charge in [-0.25, -0.2) is 10.9 Å². The van der Waals surface area contributed by atoms with Crippen LogP contribution in [-0.2, 0) is 17.6 Å². The smallest absolute Gasteiger partial charge is 0.238 e. The number of amides is 1. The maximum absolute atomic E-state index is 13.1. The van der Waals surface area contributed by atoms with Crippen LogP contribution in [-0.4, -0.2) is 33.0 Å². The van der Waals surface area contributed by atoms with Gasteiger partial charge in [0, 0.05) is 12.5 Å². The molecule has 1 amide bonds. The number of benzene rings is 2. The van der Waals surface area contributed by atoms with E-state index in [1.165, 1.54) is 18.3 Å². The molecule has 0 aliphatic rings. The van der Waals surface area contributed by atoms with Crippen LogP contribution in [0.15, 0.2) is 41.8 Å². The summed E-state index contributed by atoms with van der Waals surface area (Å²) >= 11 is 7.69. The average Bonchev–Trinajstić information content (AvgIpc) is 3.30. The normalized spacial score (nSPS) is 10.6. The monoisotopic (exact) mass is 488 g/mol. The summed E-state index contributed by atoms with van der Waals surface area (Å²) in [6, 6.07) is 10.8. The Morgan fingerprint density at radius 3 is 2.12 bits per heavy atom. The summed E-state index contributed by atoms with van der Waals surface area (Å²) in [6.45, 7) is 1.34. The minimum atomic E-state index is -0.361. The van der Waals surface area contributed by atoms with Gasteiger partial charge in [0.15, 0.2) is 17.3 Å². The van der Waals surface area contributed by atoms with Crippen molar-refractivity contribution in [1.29, 1.82) is 0 Å². The molecular weight excluding hydrogens is 464 g/mol. The van der Waals surface area contributed by atoms with E-state index in [2.05, 4.69) is 0 Å². The molecule has 0 bridgehead atoms. The Bertz CT molecular complexity index is 1150. The molecule has 0 saturated heterocycles. The Kier molecular flexibility index (Phi) is 7.97. The quantitative estimate of drug-likeness (QED) is 0.204. The van der Waals surface area contributed by atoms with Crippen molar-refractivity contribution in [3.05, 3.63) is 69.1 Å². The number of carbonyl (C=O) groups is 2. The third-order valence-corrected chi connectivity index (χ3v) is 6.38. The van der Waals surface area contributed by atoms with Gasteiger partial charge in [-0.2, -0.15) is 0 Å². The molecule has 3 rings (SSSR count). The second-order valence-corrected chi connectivity index (χ2v) is 8.51. The van der Waals surface area contributed by atoms with Crippen LogP contribution < -0.4 is 25.1 Å². The fraction of sp³-hybridized carbons (Fsp3) is 0.250. The Balaban J connectivity index is 1.79. The SMILES string of the molecule is COc1cc(CCc2ccc(C(=O)c3ccsc3N(N)C(C)=O)c(Cl)c2)cc(OC)c1OC. The predicted octanol–water partition coefficient (Wildman–Crippen LogP) is 4.67. The molecule has 0 radical (unpaired) electrons. The number of hydrogen-bond acceptors (Lipinski definition) is 7. The van der Waals surface area contributed by atoms with Crippen molar-refractivity contribution in [2.45, 2.75) is 19.8 Å². The van der Waals surface area contributed by atoms with Gasteiger partial charge in [-0.15, -0.1) is 11.3 Å². The summed E-state index contributed by atoms with van der Waals surface area (Å²) in [5.74, 6) is 6.88. The van der Waals surface area contributed by atoms with Crippen molar-refractivity contribution in [2.24, 2.45) is 5.84 Å². The fourth-order valence-corrected chi connectivity index (χ4v) is 4.57. The molecule has 2 N–H and O–H groups in total. The molecule has 0 aliphatic carbocycles. The van der Waals surface area contributed by atoms with Gasteiger partial charge in [0.25, 0.3) is 0 Å². The Morgan fingerprint density at radius 1 is 0.939 bits per heavy atom. The highest BCUT2D eigenvalue weighted by Crippen LogP contribution is 2.38. The highest BCUT2D eigenvalue weighted by molar-refractivity contribution is 7.14. The number of anilines is 1. The molecule has 0 saturated carbocycles. The first-order valence-corrected chi connectivity index (χ1v) is 11.3. The standard InChI is InChI=1S/C24H25ClN2O5S/c1-14(28)27(26)24-18(9-10-33-24)22(29)17-8-7-15(11-19(17)25)5-6-16-12-20(30-2)23(32-4)21(13-16)31-3/h7-13H,5-6,26H2,1-4H3. The topological polar surface area (TPSA) is 91.1 Å². The van der Waals surface area contributed by atoms with E-state index in [-0.39, 0.29) is 11.7 Å². The summed E-state index contributed by atoms with van der Waals surface area (Å²) in [5.41, 5.74) is 2.67. The zero-order chi connectivity index (χ0) is 24.1. The Morgan fingerprint density at radius 2 is 1.58 bits per heavy atom. The Hall–Kier alpha value is -3.07. The third-order valence-electron chi connectivity index (χ3n) is 5.15. The van der Waals surface area contributed by atoms with Crippen LogP contribution >= 0.6 is 22.9 Å². The molecule has 3 aromatic rings. The molecule has 0 atom stereocenters. The summed E-state index contributed by atoms with van der Waals surface area (Å²) in [7, 11) is 4.72. The number of carbonyl (C=O) groups excluding carboxylic acids is 2. The Labute approximate surface area is 201 Å². The largest absolute Gasteiger partial charge is 0.493 e. The highest BCUT2D eigenvalue weighted by atomic mass is 35.5. The van der Waals surface area contributed by atoms with Crippen molar-refractivity contribution in [3.63, 3.8) is 0 Å². The summed E-state index contributed by atoms with van der Waals surface area (Å²) in [5, 5.41) is 3.41. The molecule has 1 heterocycles. The van der Waals surface area contributed by atoms with E-state index in [1.807, 2.05) is 18.2 Å². The van der Waals surface area contributed by atoms with Gasteiger partial charge in [-0.1, -0.05) is 17.7 Å². The van der Waals surface area contributed by atoms with E-state index in [1.54, 1.807) is 44.9 Å². The second-order valence-electron chi connectivity index (χ2n) is 7.21. The van der Waals surface area contributed by atoms with E-state index in [0.29, 0.717) is 51.2 Å². The van der Waals surface area contributed by atoms with Gasteiger partial charge in [-0.05, 0) is 59.7 Å². The van der Waals surface area contributed by atoms with Crippen LogP contribution in [0.5, 0.6) is 17.2 Å². The van der Waals surface area contributed by atoms with Crippen LogP contribution in [0, 0.1) is 0 Å². The summed E-state index contributed by atoms with van der Waals surface area (Å²) < 4.78 is 16.2. The maximum atomic E-state index is 13.1. The molecule has 0 spiro atoms. The van der Waals surface area contributed by atoms with Gasteiger partial charge in [0.1, 0.15) is 5.00 Å². The molecule has 174 valence electrons. The number of rotatable bonds is 9. The lowest BCUT2D eigenvalue weighted by molar-refractivity contribution is -0.116. The van der Waals surface area contributed by atoms with Gasteiger partial charge < -0.3 is 14.2 Å². The van der Waals surface area contributed by atoms with Crippen molar-refractivity contribution in [2.75, 3.05) is 26.3 Å². The van der Waals surface area contributed by atoms with E-state index in [4.69, 9.17) is 31.7 Å². The number of hydrogen-bond donors (Lipinski definition) is 1. The second kappa shape index (κ2) is 10.7. The van der Waals surface area contributed by atoms with Crippen molar-refractivity contribution in [3.8, 4) is 17.2 Å². The molecule has 33 heavy (non-hydrogen) atoms. The molecule has 2 aromatic carbocycles. The number of nitrogens with two attached hydrogens (primary N) is 1. The zero-order valence-corrected chi connectivity index (χ0v) is 20.4. The maximum Gasteiger partial charge on any atom is 0.238 e. The predicted molar refractivity (Wildman–Crippen MR) is 130 cm³/mol. The number of ketones is 1. The number of halogens is 1. The molecule has 1 aromatic heterocycles. The van der Waals surface area contributed by atoms with Gasteiger partial charge in [0.2, 0.25) is 11.7 Å². The molecule has 7 nitrogen and oxygen atoms in total. The van der Waals surface area contributed by atoms with Crippen LogP contribution in [0.2, 0.25) is 5.02 Å². The minimum absolute atomic E-state index is 0.288. The summed E-state index contributed by atoms with van der Waals surface area (Å²) in [4.78, 5) is 24.7. The lowest BCUT2D eigenvalue weighted by Gasteiger charge is -2.15. The number of ether oxygens (including phenoxy) is 3.